The Hall–Kier alpha value is -1.34. The topological polar surface area (TPSA) is 59.3 Å². The lowest BCUT2D eigenvalue weighted by Gasteiger charge is -2.00. The fourth-order valence-electron chi connectivity index (χ4n) is 0.499. The molecule has 66 valence electrons. The standard InChI is InChI=1S/C8H11NO3/c1-2-11-6-7-12-8(10)4-3-5-9/h3-4H,2,6-7H2,1H3. The van der Waals surface area contributed by atoms with Crippen LogP contribution < -0.4 is 0 Å². The molecular formula is C8H11NO3. The molecule has 0 aromatic carbocycles. The molecule has 0 aliphatic heterocycles. The molecule has 0 radical (unpaired) electrons. The van der Waals surface area contributed by atoms with Crippen molar-refractivity contribution in [2.75, 3.05) is 19.8 Å². The predicted octanol–water partition coefficient (Wildman–Crippen LogP) is 0.646. The van der Waals surface area contributed by atoms with E-state index >= 15 is 0 Å². The number of esters is 1. The number of allylic oxidation sites excluding steroid dienone is 1. The molecule has 0 aromatic rings. The minimum atomic E-state index is -0.517. The van der Waals surface area contributed by atoms with Crippen LogP contribution in [0.15, 0.2) is 12.2 Å². The quantitative estimate of drug-likeness (QED) is 0.262. The molecule has 0 amide bonds. The summed E-state index contributed by atoms with van der Waals surface area (Å²) in [5, 5.41) is 8.06. The number of nitriles is 1. The molecule has 0 N–H and O–H groups in total. The molecule has 0 rings (SSSR count). The Kier molecular flexibility index (Phi) is 6.90. The molecule has 0 atom stereocenters. The van der Waals surface area contributed by atoms with Gasteiger partial charge in [0, 0.05) is 18.8 Å². The number of ether oxygens (including phenoxy) is 2. The van der Waals surface area contributed by atoms with E-state index in [0.29, 0.717) is 13.2 Å². The largest absolute Gasteiger partial charge is 0.460 e. The number of rotatable bonds is 5. The molecule has 0 aromatic heterocycles. The molecule has 0 aliphatic rings. The predicted molar refractivity (Wildman–Crippen MR) is 42.2 cm³/mol. The van der Waals surface area contributed by atoms with Gasteiger partial charge in [-0.3, -0.25) is 0 Å². The molecule has 0 fully saturated rings. The Morgan fingerprint density at radius 2 is 2.33 bits per heavy atom. The van der Waals surface area contributed by atoms with Crippen molar-refractivity contribution in [2.24, 2.45) is 0 Å². The average Bonchev–Trinajstić information content (AvgIpc) is 2.09. The van der Waals surface area contributed by atoms with Crippen molar-refractivity contribution in [3.8, 4) is 6.07 Å². The molecule has 0 saturated carbocycles. The van der Waals surface area contributed by atoms with Crippen LogP contribution in [-0.2, 0) is 14.3 Å². The summed E-state index contributed by atoms with van der Waals surface area (Å²) < 4.78 is 9.57. The Morgan fingerprint density at radius 1 is 1.58 bits per heavy atom. The fourth-order valence-corrected chi connectivity index (χ4v) is 0.499. The van der Waals surface area contributed by atoms with E-state index in [9.17, 15) is 4.79 Å². The monoisotopic (exact) mass is 169 g/mol. The van der Waals surface area contributed by atoms with Gasteiger partial charge in [0.15, 0.2) is 0 Å². The zero-order valence-electron chi connectivity index (χ0n) is 6.95. The number of hydrogen-bond acceptors (Lipinski definition) is 4. The van der Waals surface area contributed by atoms with E-state index in [4.69, 9.17) is 10.00 Å². The van der Waals surface area contributed by atoms with Crippen LogP contribution >= 0.6 is 0 Å². The van der Waals surface area contributed by atoms with Crippen molar-refractivity contribution in [2.45, 2.75) is 6.92 Å². The zero-order valence-corrected chi connectivity index (χ0v) is 6.95. The minimum absolute atomic E-state index is 0.225. The van der Waals surface area contributed by atoms with Crippen LogP contribution in [0, 0.1) is 11.3 Å². The summed E-state index contributed by atoms with van der Waals surface area (Å²) in [5.41, 5.74) is 0. The normalized spacial score (nSPS) is 9.67. The van der Waals surface area contributed by atoms with Gasteiger partial charge in [0.2, 0.25) is 0 Å². The second kappa shape index (κ2) is 7.76. The first-order valence-electron chi connectivity index (χ1n) is 3.62. The van der Waals surface area contributed by atoms with Gasteiger partial charge in [0.05, 0.1) is 12.7 Å². The number of hydrogen-bond donors (Lipinski definition) is 0. The first-order valence-corrected chi connectivity index (χ1v) is 3.62. The molecule has 0 spiro atoms. The van der Waals surface area contributed by atoms with E-state index < -0.39 is 5.97 Å². The van der Waals surface area contributed by atoms with E-state index in [1.807, 2.05) is 6.92 Å². The molecule has 0 heterocycles. The Bertz CT molecular complexity index is 193. The lowest BCUT2D eigenvalue weighted by atomic mass is 10.5. The first kappa shape index (κ1) is 10.7. The van der Waals surface area contributed by atoms with Gasteiger partial charge >= 0.3 is 5.97 Å². The van der Waals surface area contributed by atoms with Gasteiger partial charge in [-0.05, 0) is 6.92 Å². The number of carbonyl (C=O) groups is 1. The van der Waals surface area contributed by atoms with Gasteiger partial charge in [-0.2, -0.15) is 5.26 Å². The summed E-state index contributed by atoms with van der Waals surface area (Å²) in [6.07, 6.45) is 2.15. The molecule has 12 heavy (non-hydrogen) atoms. The smallest absolute Gasteiger partial charge is 0.331 e. The van der Waals surface area contributed by atoms with Crippen molar-refractivity contribution in [1.29, 1.82) is 5.26 Å². The lowest BCUT2D eigenvalue weighted by Crippen LogP contribution is -2.08. The summed E-state index contributed by atoms with van der Waals surface area (Å²) in [6.45, 7) is 3.08. The maximum absolute atomic E-state index is 10.6. The number of nitrogens with zero attached hydrogens (tertiary/aromatic N) is 1. The van der Waals surface area contributed by atoms with Crippen LogP contribution in [0.25, 0.3) is 0 Å². The van der Waals surface area contributed by atoms with Gasteiger partial charge in [0.1, 0.15) is 6.61 Å². The molecule has 0 aliphatic carbocycles. The summed E-state index contributed by atoms with van der Waals surface area (Å²) in [4.78, 5) is 10.6. The highest BCUT2D eigenvalue weighted by molar-refractivity contribution is 5.82. The molecule has 0 unspecified atom stereocenters. The third-order valence-electron chi connectivity index (χ3n) is 0.970. The van der Waals surface area contributed by atoms with Gasteiger partial charge in [-0.15, -0.1) is 0 Å². The maximum atomic E-state index is 10.6. The third-order valence-corrected chi connectivity index (χ3v) is 0.970. The fraction of sp³-hybridized carbons (Fsp3) is 0.500. The van der Waals surface area contributed by atoms with Gasteiger partial charge in [0.25, 0.3) is 0 Å². The minimum Gasteiger partial charge on any atom is -0.460 e. The number of carbonyl (C=O) groups excluding carboxylic acids is 1. The van der Waals surface area contributed by atoms with E-state index in [1.54, 1.807) is 6.07 Å². The highest BCUT2D eigenvalue weighted by Crippen LogP contribution is 1.82. The molecule has 4 nitrogen and oxygen atoms in total. The highest BCUT2D eigenvalue weighted by atomic mass is 16.6. The molecule has 4 heteroatoms. The highest BCUT2D eigenvalue weighted by Gasteiger charge is 1.94. The van der Waals surface area contributed by atoms with Gasteiger partial charge in [-0.25, -0.2) is 4.79 Å². The summed E-state index contributed by atoms with van der Waals surface area (Å²) in [7, 11) is 0. The second-order valence-electron chi connectivity index (χ2n) is 1.83. The lowest BCUT2D eigenvalue weighted by molar-refractivity contribution is -0.139. The molecular weight excluding hydrogens is 158 g/mol. The van der Waals surface area contributed by atoms with E-state index in [2.05, 4.69) is 4.74 Å². The van der Waals surface area contributed by atoms with Crippen LogP contribution in [-0.4, -0.2) is 25.8 Å². The Morgan fingerprint density at radius 3 is 2.92 bits per heavy atom. The zero-order chi connectivity index (χ0) is 9.23. The average molecular weight is 169 g/mol. The van der Waals surface area contributed by atoms with Crippen molar-refractivity contribution in [1.82, 2.24) is 0 Å². The second-order valence-corrected chi connectivity index (χ2v) is 1.83. The van der Waals surface area contributed by atoms with Crippen LogP contribution in [0.3, 0.4) is 0 Å². The summed E-state index contributed by atoms with van der Waals surface area (Å²) >= 11 is 0. The van der Waals surface area contributed by atoms with Crippen molar-refractivity contribution in [3.63, 3.8) is 0 Å². The molecule has 0 saturated heterocycles. The molecule has 0 bridgehead atoms. The van der Waals surface area contributed by atoms with Crippen LogP contribution in [0.2, 0.25) is 0 Å². The summed E-state index contributed by atoms with van der Waals surface area (Å²) in [5.74, 6) is -0.517. The van der Waals surface area contributed by atoms with Crippen molar-refractivity contribution in [3.05, 3.63) is 12.2 Å². The van der Waals surface area contributed by atoms with Gasteiger partial charge in [-0.1, -0.05) is 0 Å². The van der Waals surface area contributed by atoms with E-state index in [0.717, 1.165) is 12.2 Å². The van der Waals surface area contributed by atoms with E-state index in [1.165, 1.54) is 0 Å². The third kappa shape index (κ3) is 6.78. The first-order chi connectivity index (χ1) is 5.81. The van der Waals surface area contributed by atoms with E-state index in [-0.39, 0.29) is 6.61 Å². The van der Waals surface area contributed by atoms with Crippen LogP contribution in [0.1, 0.15) is 6.92 Å². The van der Waals surface area contributed by atoms with Crippen molar-refractivity contribution < 1.29 is 14.3 Å². The van der Waals surface area contributed by atoms with Crippen LogP contribution in [0.5, 0.6) is 0 Å². The maximum Gasteiger partial charge on any atom is 0.331 e. The summed E-state index contributed by atoms with van der Waals surface area (Å²) in [6, 6.07) is 1.69. The van der Waals surface area contributed by atoms with Crippen molar-refractivity contribution >= 4 is 5.97 Å². The van der Waals surface area contributed by atoms with Crippen LogP contribution in [0.4, 0.5) is 0 Å². The SMILES string of the molecule is CCOCCOC(=O)C=CC#N. The Balaban J connectivity index is 3.33. The Labute approximate surface area is 71.4 Å². The van der Waals surface area contributed by atoms with Gasteiger partial charge < -0.3 is 9.47 Å².